The zero-order valence-corrected chi connectivity index (χ0v) is 20.1. The monoisotopic (exact) mass is 516 g/mol. The minimum Gasteiger partial charge on any atom is -0.448 e. The number of ether oxygens (including phenoxy) is 2. The van der Waals surface area contributed by atoms with Crippen molar-refractivity contribution in [2.75, 3.05) is 0 Å². The highest BCUT2D eigenvalue weighted by molar-refractivity contribution is 9.10. The molecule has 0 saturated carbocycles. The fourth-order valence-corrected chi connectivity index (χ4v) is 3.92. The van der Waals surface area contributed by atoms with E-state index >= 15 is 0 Å². The molecule has 3 atom stereocenters. The first-order chi connectivity index (χ1) is 15.7. The molecular weight excluding hydrogens is 492 g/mol. The smallest absolute Gasteiger partial charge is 0.303 e. The molecule has 8 nitrogen and oxygen atoms in total. The molecule has 3 rings (SSSR count). The topological polar surface area (TPSA) is 102 Å². The molecule has 0 aromatic heterocycles. The lowest BCUT2D eigenvalue weighted by atomic mass is 10.1. The first-order valence-corrected chi connectivity index (χ1v) is 11.2. The fourth-order valence-electron chi connectivity index (χ4n) is 3.65. The SMILES string of the molecule is CC(=O)O[C@@H](C(=O)N[C@H](C)c1ccc(Br)cc1)[C@@H](OC(C)=O)C(=O)N1Cc2ccccc2C1. The highest BCUT2D eigenvalue weighted by atomic mass is 79.9. The maximum Gasteiger partial charge on any atom is 0.303 e. The van der Waals surface area contributed by atoms with Gasteiger partial charge in [-0.05, 0) is 35.7 Å². The lowest BCUT2D eigenvalue weighted by molar-refractivity contribution is -0.178. The van der Waals surface area contributed by atoms with Crippen LogP contribution in [0.1, 0.15) is 43.5 Å². The van der Waals surface area contributed by atoms with Crippen LogP contribution in [0.2, 0.25) is 0 Å². The van der Waals surface area contributed by atoms with Crippen LogP contribution < -0.4 is 5.32 Å². The maximum absolute atomic E-state index is 13.3. The lowest BCUT2D eigenvalue weighted by Gasteiger charge is -2.29. The number of amides is 2. The highest BCUT2D eigenvalue weighted by Gasteiger charge is 2.43. The normalized spacial score (nSPS) is 15.1. The van der Waals surface area contributed by atoms with Gasteiger partial charge in [-0.1, -0.05) is 52.3 Å². The van der Waals surface area contributed by atoms with E-state index in [0.717, 1.165) is 35.0 Å². The molecule has 0 bridgehead atoms. The Morgan fingerprint density at radius 3 is 1.91 bits per heavy atom. The number of nitrogens with one attached hydrogen (secondary N) is 1. The van der Waals surface area contributed by atoms with E-state index in [4.69, 9.17) is 9.47 Å². The van der Waals surface area contributed by atoms with Gasteiger partial charge in [0.05, 0.1) is 6.04 Å². The largest absolute Gasteiger partial charge is 0.448 e. The van der Waals surface area contributed by atoms with E-state index < -0.39 is 42.0 Å². The first-order valence-electron chi connectivity index (χ1n) is 10.4. The van der Waals surface area contributed by atoms with E-state index in [2.05, 4.69) is 21.2 Å². The summed E-state index contributed by atoms with van der Waals surface area (Å²) >= 11 is 3.36. The zero-order chi connectivity index (χ0) is 24.1. The molecule has 1 aliphatic rings. The summed E-state index contributed by atoms with van der Waals surface area (Å²) in [5, 5.41) is 2.74. The van der Waals surface area contributed by atoms with Gasteiger partial charge in [-0.3, -0.25) is 19.2 Å². The third kappa shape index (κ3) is 6.19. The molecule has 9 heteroatoms. The molecule has 0 aliphatic carbocycles. The van der Waals surface area contributed by atoms with E-state index in [1.165, 1.54) is 4.90 Å². The standard InChI is InChI=1S/C24H25BrN2O6/c1-14(17-8-10-20(25)11-9-17)26-23(30)21(32-15(2)28)22(33-16(3)29)24(31)27-12-18-6-4-5-7-19(18)13-27/h4-11,14,21-22H,12-13H2,1-3H3,(H,26,30)/t14-,21-,22-/m1/s1. The second-order valence-electron chi connectivity index (χ2n) is 7.80. The van der Waals surface area contributed by atoms with Gasteiger partial charge in [-0.25, -0.2) is 0 Å². The molecule has 0 radical (unpaired) electrons. The molecule has 0 fully saturated rings. The summed E-state index contributed by atoms with van der Waals surface area (Å²) in [6.45, 7) is 4.62. The molecule has 0 spiro atoms. The number of nitrogens with zero attached hydrogens (tertiary/aromatic N) is 1. The molecule has 1 heterocycles. The van der Waals surface area contributed by atoms with Crippen LogP contribution in [0, 0.1) is 0 Å². The van der Waals surface area contributed by atoms with Gasteiger partial charge in [0.1, 0.15) is 0 Å². The summed E-state index contributed by atoms with van der Waals surface area (Å²) in [5.41, 5.74) is 2.73. The third-order valence-corrected chi connectivity index (χ3v) is 5.77. The number of hydrogen-bond donors (Lipinski definition) is 1. The van der Waals surface area contributed by atoms with Crippen LogP contribution in [-0.2, 0) is 41.7 Å². The van der Waals surface area contributed by atoms with E-state index in [-0.39, 0.29) is 0 Å². The van der Waals surface area contributed by atoms with Gasteiger partial charge in [0, 0.05) is 31.4 Å². The maximum atomic E-state index is 13.3. The van der Waals surface area contributed by atoms with Crippen molar-refractivity contribution in [3.63, 3.8) is 0 Å². The van der Waals surface area contributed by atoms with Gasteiger partial charge in [0.25, 0.3) is 11.8 Å². The fraction of sp³-hybridized carbons (Fsp3) is 0.333. The Morgan fingerprint density at radius 1 is 0.879 bits per heavy atom. The second-order valence-corrected chi connectivity index (χ2v) is 8.72. The summed E-state index contributed by atoms with van der Waals surface area (Å²) in [6.07, 6.45) is -3.25. The first kappa shape index (κ1) is 24.4. The molecule has 1 aliphatic heterocycles. The summed E-state index contributed by atoms with van der Waals surface area (Å²) in [6, 6.07) is 14.4. The number of esters is 2. The van der Waals surface area contributed by atoms with E-state index in [1.54, 1.807) is 6.92 Å². The van der Waals surface area contributed by atoms with Gasteiger partial charge in [-0.2, -0.15) is 0 Å². The number of carbonyl (C=O) groups excluding carboxylic acids is 4. The molecule has 0 unspecified atom stereocenters. The summed E-state index contributed by atoms with van der Waals surface area (Å²) in [7, 11) is 0. The molecule has 2 aromatic carbocycles. The van der Waals surface area contributed by atoms with Crippen molar-refractivity contribution in [1.82, 2.24) is 10.2 Å². The van der Waals surface area contributed by atoms with Gasteiger partial charge in [0.15, 0.2) is 0 Å². The molecule has 174 valence electrons. The Hall–Kier alpha value is -3.20. The van der Waals surface area contributed by atoms with Crippen LogP contribution in [0.4, 0.5) is 0 Å². The Balaban J connectivity index is 1.83. The zero-order valence-electron chi connectivity index (χ0n) is 18.5. The summed E-state index contributed by atoms with van der Waals surface area (Å²) in [4.78, 5) is 51.5. The van der Waals surface area contributed by atoms with Gasteiger partial charge < -0.3 is 19.7 Å². The Labute approximate surface area is 200 Å². The predicted octanol–water partition coefficient (Wildman–Crippen LogP) is 3.03. The second kappa shape index (κ2) is 10.6. The molecule has 2 aromatic rings. The van der Waals surface area contributed by atoms with Gasteiger partial charge in [0.2, 0.25) is 12.2 Å². The van der Waals surface area contributed by atoms with Crippen LogP contribution in [-0.4, -0.2) is 40.9 Å². The number of fused-ring (bicyclic) bond motifs is 1. The van der Waals surface area contributed by atoms with Crippen molar-refractivity contribution in [1.29, 1.82) is 0 Å². The van der Waals surface area contributed by atoms with Crippen LogP contribution in [0.5, 0.6) is 0 Å². The molecule has 33 heavy (non-hydrogen) atoms. The van der Waals surface area contributed by atoms with Crippen LogP contribution in [0.3, 0.4) is 0 Å². The quantitative estimate of drug-likeness (QED) is 0.567. The van der Waals surface area contributed by atoms with Gasteiger partial charge >= 0.3 is 11.9 Å². The van der Waals surface area contributed by atoms with E-state index in [1.807, 2.05) is 48.5 Å². The number of carbonyl (C=O) groups is 4. The van der Waals surface area contributed by atoms with Crippen molar-refractivity contribution >= 4 is 39.7 Å². The van der Waals surface area contributed by atoms with Gasteiger partial charge in [-0.15, -0.1) is 0 Å². The summed E-state index contributed by atoms with van der Waals surface area (Å²) in [5.74, 6) is -2.90. The van der Waals surface area contributed by atoms with Crippen LogP contribution in [0.15, 0.2) is 53.0 Å². The lowest BCUT2D eigenvalue weighted by Crippen LogP contribution is -2.53. The molecule has 0 saturated heterocycles. The van der Waals surface area contributed by atoms with Crippen LogP contribution in [0.25, 0.3) is 0 Å². The van der Waals surface area contributed by atoms with Crippen molar-refractivity contribution in [2.24, 2.45) is 0 Å². The molecule has 2 amide bonds. The molecule has 1 N–H and O–H groups in total. The van der Waals surface area contributed by atoms with E-state index in [0.29, 0.717) is 13.1 Å². The third-order valence-electron chi connectivity index (χ3n) is 5.24. The van der Waals surface area contributed by atoms with Crippen molar-refractivity contribution in [3.05, 3.63) is 69.7 Å². The Kier molecular flexibility index (Phi) is 7.86. The highest BCUT2D eigenvalue weighted by Crippen LogP contribution is 2.25. The number of rotatable bonds is 7. The summed E-state index contributed by atoms with van der Waals surface area (Å²) < 4.78 is 11.3. The number of halogens is 1. The average Bonchev–Trinajstić information content (AvgIpc) is 3.20. The average molecular weight is 517 g/mol. The number of hydrogen-bond acceptors (Lipinski definition) is 6. The Morgan fingerprint density at radius 2 is 1.39 bits per heavy atom. The molecular formula is C24H25BrN2O6. The van der Waals surface area contributed by atoms with E-state index in [9.17, 15) is 19.2 Å². The predicted molar refractivity (Wildman–Crippen MR) is 123 cm³/mol. The van der Waals surface area contributed by atoms with Crippen molar-refractivity contribution < 1.29 is 28.7 Å². The Bertz CT molecular complexity index is 1030. The van der Waals surface area contributed by atoms with Crippen molar-refractivity contribution in [2.45, 2.75) is 52.1 Å². The van der Waals surface area contributed by atoms with Crippen LogP contribution >= 0.6 is 15.9 Å². The minimum atomic E-state index is -1.64. The van der Waals surface area contributed by atoms with Crippen molar-refractivity contribution in [3.8, 4) is 0 Å². The minimum absolute atomic E-state index is 0.302. The number of benzene rings is 2.